The van der Waals surface area contributed by atoms with E-state index in [1.165, 1.54) is 45.1 Å². The van der Waals surface area contributed by atoms with Crippen LogP contribution in [-0.2, 0) is 4.79 Å². The van der Waals surface area contributed by atoms with Crippen LogP contribution in [0.5, 0.6) is 0 Å². The highest BCUT2D eigenvalue weighted by atomic mass is 16.1. The number of fused-ring (bicyclic) bond motifs is 5. The Kier molecular flexibility index (Phi) is 6.75. The SMILES string of the molecule is CC1=C(/C=C/[C@@H](C)[C@H]2CC[C@H]3C4=CC[C@H]5C(=O)[C@@H](N(C)C)CC[C@]5(C)[C@H]4CC[C@]23C)CCN(C)C1. The number of ketones is 1. The van der Waals surface area contributed by atoms with Crippen LogP contribution in [0.3, 0.4) is 0 Å². The molecule has 0 N–H and O–H groups in total. The Morgan fingerprint density at radius 1 is 1.06 bits per heavy atom. The van der Waals surface area contributed by atoms with Crippen LogP contribution < -0.4 is 0 Å². The van der Waals surface area contributed by atoms with Gasteiger partial charge in [0.15, 0.2) is 5.78 Å². The van der Waals surface area contributed by atoms with Crippen molar-refractivity contribution in [2.45, 2.75) is 85.1 Å². The fourth-order valence-corrected chi connectivity index (χ4v) is 9.52. The van der Waals surface area contributed by atoms with Crippen LogP contribution >= 0.6 is 0 Å². The molecule has 35 heavy (non-hydrogen) atoms. The van der Waals surface area contributed by atoms with Gasteiger partial charge in [0.25, 0.3) is 0 Å². The van der Waals surface area contributed by atoms with Gasteiger partial charge >= 0.3 is 0 Å². The molecule has 8 atom stereocenters. The minimum atomic E-state index is 0.128. The predicted molar refractivity (Wildman–Crippen MR) is 146 cm³/mol. The highest BCUT2D eigenvalue weighted by Gasteiger charge is 2.59. The van der Waals surface area contributed by atoms with Crippen LogP contribution in [0.1, 0.15) is 79.1 Å². The molecule has 5 aliphatic rings. The number of allylic oxidation sites excluding steroid dienone is 4. The fraction of sp³-hybridized carbons (Fsp3) is 0.781. The minimum Gasteiger partial charge on any atom is -0.302 e. The highest BCUT2D eigenvalue weighted by Crippen LogP contribution is 2.66. The molecule has 3 fully saturated rings. The molecule has 194 valence electrons. The lowest BCUT2D eigenvalue weighted by Gasteiger charge is -2.57. The highest BCUT2D eigenvalue weighted by molar-refractivity contribution is 5.88. The van der Waals surface area contributed by atoms with E-state index in [9.17, 15) is 4.79 Å². The lowest BCUT2D eigenvalue weighted by Crippen LogP contribution is -2.55. The third-order valence-corrected chi connectivity index (χ3v) is 11.7. The summed E-state index contributed by atoms with van der Waals surface area (Å²) < 4.78 is 0. The summed E-state index contributed by atoms with van der Waals surface area (Å²) in [6.45, 7) is 12.2. The van der Waals surface area contributed by atoms with Gasteiger partial charge in [0.2, 0.25) is 0 Å². The van der Waals surface area contributed by atoms with Crippen LogP contribution in [0.2, 0.25) is 0 Å². The quantitative estimate of drug-likeness (QED) is 0.430. The Morgan fingerprint density at radius 2 is 1.77 bits per heavy atom. The van der Waals surface area contributed by atoms with E-state index in [0.717, 1.165) is 31.2 Å². The maximum Gasteiger partial charge on any atom is 0.153 e. The molecule has 3 nitrogen and oxygen atoms in total. The minimum absolute atomic E-state index is 0.128. The molecule has 1 heterocycles. The maximum absolute atomic E-state index is 13.5. The number of nitrogens with zero attached hydrogens (tertiary/aromatic N) is 2. The second-order valence-corrected chi connectivity index (χ2v) is 13.8. The molecule has 0 aromatic heterocycles. The van der Waals surface area contributed by atoms with Crippen molar-refractivity contribution in [2.75, 3.05) is 34.2 Å². The van der Waals surface area contributed by atoms with Crippen molar-refractivity contribution in [3.63, 3.8) is 0 Å². The van der Waals surface area contributed by atoms with Gasteiger partial charge in [-0.15, -0.1) is 0 Å². The first-order valence-corrected chi connectivity index (χ1v) is 14.5. The summed E-state index contributed by atoms with van der Waals surface area (Å²) in [6, 6.07) is 0.128. The molecule has 3 saturated carbocycles. The first-order chi connectivity index (χ1) is 16.6. The molecular weight excluding hydrogens is 428 g/mol. The summed E-state index contributed by atoms with van der Waals surface area (Å²) >= 11 is 0. The normalized spacial score (nSPS) is 43.3. The molecule has 0 bridgehead atoms. The largest absolute Gasteiger partial charge is 0.302 e. The van der Waals surface area contributed by atoms with Gasteiger partial charge in [-0.05, 0) is 120 Å². The summed E-state index contributed by atoms with van der Waals surface area (Å²) in [6.07, 6.45) is 17.4. The van der Waals surface area contributed by atoms with Crippen molar-refractivity contribution in [2.24, 2.45) is 40.4 Å². The average molecular weight is 479 g/mol. The van der Waals surface area contributed by atoms with Crippen LogP contribution in [0.4, 0.5) is 0 Å². The van der Waals surface area contributed by atoms with Crippen LogP contribution in [0.15, 0.2) is 34.9 Å². The first-order valence-electron chi connectivity index (χ1n) is 14.5. The smallest absolute Gasteiger partial charge is 0.153 e. The van der Waals surface area contributed by atoms with Crippen LogP contribution in [-0.4, -0.2) is 55.9 Å². The molecule has 5 rings (SSSR count). The Balaban J connectivity index is 1.35. The molecular formula is C32H50N2O. The van der Waals surface area contributed by atoms with Gasteiger partial charge in [0.05, 0.1) is 6.04 Å². The van der Waals surface area contributed by atoms with E-state index in [1.807, 2.05) is 0 Å². The van der Waals surface area contributed by atoms with Gasteiger partial charge in [-0.25, -0.2) is 0 Å². The zero-order chi connectivity index (χ0) is 25.1. The van der Waals surface area contributed by atoms with E-state index < -0.39 is 0 Å². The van der Waals surface area contributed by atoms with Crippen molar-refractivity contribution < 1.29 is 4.79 Å². The van der Waals surface area contributed by atoms with Gasteiger partial charge in [-0.3, -0.25) is 9.69 Å². The first kappa shape index (κ1) is 25.5. The zero-order valence-corrected chi connectivity index (χ0v) is 23.6. The number of Topliss-reactive ketones (excluding diaryl/α,β-unsaturated/α-hetero) is 1. The van der Waals surface area contributed by atoms with E-state index in [-0.39, 0.29) is 17.4 Å². The number of carbonyl (C=O) groups excluding carboxylic acids is 1. The van der Waals surface area contributed by atoms with E-state index in [4.69, 9.17) is 0 Å². The second-order valence-electron chi connectivity index (χ2n) is 13.8. The second kappa shape index (κ2) is 9.28. The number of rotatable bonds is 4. The average Bonchev–Trinajstić information content (AvgIpc) is 3.15. The van der Waals surface area contributed by atoms with Gasteiger partial charge in [-0.2, -0.15) is 0 Å². The third-order valence-electron chi connectivity index (χ3n) is 11.7. The van der Waals surface area contributed by atoms with Crippen LogP contribution in [0, 0.1) is 40.4 Å². The van der Waals surface area contributed by atoms with Crippen molar-refractivity contribution in [3.8, 4) is 0 Å². The molecule has 1 aliphatic heterocycles. The Bertz CT molecular complexity index is 943. The van der Waals surface area contributed by atoms with E-state index in [1.54, 1.807) is 16.7 Å². The molecule has 0 saturated heterocycles. The van der Waals surface area contributed by atoms with Crippen molar-refractivity contribution in [1.82, 2.24) is 9.80 Å². The summed E-state index contributed by atoms with van der Waals surface area (Å²) in [5.74, 6) is 3.51. The summed E-state index contributed by atoms with van der Waals surface area (Å²) in [7, 11) is 6.40. The van der Waals surface area contributed by atoms with Crippen molar-refractivity contribution >= 4 is 5.78 Å². The monoisotopic (exact) mass is 478 g/mol. The molecule has 0 amide bonds. The number of hydrogen-bond donors (Lipinski definition) is 0. The maximum atomic E-state index is 13.5. The topological polar surface area (TPSA) is 23.6 Å². The number of likely N-dealkylation sites (N-methyl/N-ethyl adjacent to an activating group) is 2. The molecule has 0 aromatic carbocycles. The van der Waals surface area contributed by atoms with E-state index >= 15 is 0 Å². The Hall–Kier alpha value is -1.19. The van der Waals surface area contributed by atoms with Gasteiger partial charge in [-0.1, -0.05) is 50.1 Å². The van der Waals surface area contributed by atoms with E-state index in [0.29, 0.717) is 23.0 Å². The Labute approximate surface area is 215 Å². The predicted octanol–water partition coefficient (Wildman–Crippen LogP) is 6.52. The number of hydrogen-bond acceptors (Lipinski definition) is 3. The summed E-state index contributed by atoms with van der Waals surface area (Å²) in [5.41, 5.74) is 5.48. The standard InChI is InChI=1S/C32H50N2O/c1-21(8-9-23-16-19-34(7)20-22(23)2)25-12-13-26-24-10-11-28-30(35)29(33(5)6)15-18-32(28,4)27(24)14-17-31(25,26)3/h8-10,21,25-29H,11-20H2,1-7H3/b9-8+/t21-,25-,26+,27+,28+,29+,31-,32-/m1/s1. The third kappa shape index (κ3) is 4.13. The van der Waals surface area contributed by atoms with Crippen molar-refractivity contribution in [3.05, 3.63) is 34.9 Å². The molecule has 3 heteroatoms. The fourth-order valence-electron chi connectivity index (χ4n) is 9.52. The lowest BCUT2D eigenvalue weighted by molar-refractivity contribution is -0.140. The molecule has 4 aliphatic carbocycles. The molecule has 0 unspecified atom stereocenters. The van der Waals surface area contributed by atoms with Gasteiger partial charge in [0, 0.05) is 19.0 Å². The lowest BCUT2D eigenvalue weighted by atomic mass is 9.47. The van der Waals surface area contributed by atoms with Gasteiger partial charge in [0.1, 0.15) is 0 Å². The van der Waals surface area contributed by atoms with E-state index in [2.05, 4.69) is 76.9 Å². The number of carbonyl (C=O) groups is 1. The summed E-state index contributed by atoms with van der Waals surface area (Å²) in [5, 5.41) is 0. The molecule has 0 aromatic rings. The zero-order valence-electron chi connectivity index (χ0n) is 23.6. The molecule has 0 spiro atoms. The summed E-state index contributed by atoms with van der Waals surface area (Å²) in [4.78, 5) is 18.1. The molecule has 0 radical (unpaired) electrons. The van der Waals surface area contributed by atoms with Gasteiger partial charge < -0.3 is 4.90 Å². The Morgan fingerprint density at radius 3 is 2.49 bits per heavy atom. The van der Waals surface area contributed by atoms with Crippen LogP contribution in [0.25, 0.3) is 0 Å². The van der Waals surface area contributed by atoms with Crippen molar-refractivity contribution in [1.29, 1.82) is 0 Å².